The molecule has 0 aliphatic rings. The highest BCUT2D eigenvalue weighted by Gasteiger charge is 2.26. The van der Waals surface area contributed by atoms with E-state index in [4.69, 9.17) is 29.0 Å². The van der Waals surface area contributed by atoms with Crippen molar-refractivity contribution in [2.24, 2.45) is 30.7 Å². The number of hydrogen-bond donors (Lipinski definition) is 7. The van der Waals surface area contributed by atoms with Gasteiger partial charge in [-0.15, -0.1) is 50.0 Å². The van der Waals surface area contributed by atoms with Crippen LogP contribution >= 0.6 is 34.7 Å². The summed E-state index contributed by atoms with van der Waals surface area (Å²) in [4.78, 5) is 6.99. The number of aromatic hydroxyl groups is 1. The number of aliphatic hydroxyl groups excluding tert-OH is 1. The van der Waals surface area contributed by atoms with Crippen molar-refractivity contribution in [2.75, 3.05) is 23.9 Å². The van der Waals surface area contributed by atoms with Gasteiger partial charge in [0.1, 0.15) is 33.5 Å². The molecule has 40 heteroatoms. The number of nitriles is 1. The van der Waals surface area contributed by atoms with E-state index < -0.39 is 99.9 Å². The van der Waals surface area contributed by atoms with Crippen molar-refractivity contribution in [1.82, 2.24) is 14.4 Å². The highest BCUT2D eigenvalue weighted by Crippen LogP contribution is 2.45. The Morgan fingerprint density at radius 3 is 1.99 bits per heavy atom. The number of ether oxygens (including phenoxy) is 1. The van der Waals surface area contributed by atoms with Crippen molar-refractivity contribution in [1.29, 1.82) is 5.26 Å². The van der Waals surface area contributed by atoms with E-state index in [0.29, 0.717) is 5.56 Å². The zero-order valence-electron chi connectivity index (χ0n) is 42.2. The molecule has 444 valence electrons. The smallest absolute Gasteiger partial charge is 0.425 e. The number of thiazole rings is 1. The molecule has 0 amide bonds. The van der Waals surface area contributed by atoms with Gasteiger partial charge in [0.15, 0.2) is 11.3 Å². The average molecular weight is 1330 g/mol. The molecule has 0 spiro atoms. The van der Waals surface area contributed by atoms with Crippen LogP contribution in [0.5, 0.6) is 11.6 Å². The molecule has 3 aromatic heterocycles. The van der Waals surface area contributed by atoms with E-state index in [1.807, 2.05) is 6.07 Å². The monoisotopic (exact) mass is 1330 g/mol. The van der Waals surface area contributed by atoms with Crippen LogP contribution in [0.15, 0.2) is 111 Å². The van der Waals surface area contributed by atoms with Crippen LogP contribution in [0.1, 0.15) is 35.1 Å². The molecule has 0 atom stereocenters. The first-order valence-electron chi connectivity index (χ1n) is 22.8. The number of halogens is 1. The minimum absolute atomic E-state index is 0.0131. The Hall–Kier alpha value is -7.14. The summed E-state index contributed by atoms with van der Waals surface area (Å²) in [5.74, 6) is -2.00. The molecule has 8 aromatic rings. The lowest BCUT2D eigenvalue weighted by molar-refractivity contribution is 0.282. The number of azo groups is 3. The standard InChI is InChI=1S/C44H37ClN10O18S7.O3S/c1-21-11-32(51-53-38-22(2)28(19-46)42-47-34-16-26(79(67,68)69)15-29(45)40(34)55(42)43(38)57)35(73-7-3-9-76(58,59)60)17-30(21)49-52-33-12-24(20-56)31(18-36(33)74-8-4-10-77(61,62)63)50-54-44-48-39-37(80(70,71)72)13-23-5-6-25(78(64,65)66)14-27(23)41(39)75-44;1-4(2)3/h5-6,11-18,56-57H,3-4,7-10,20H2,1-2H3,(H,58,59,60)(H,61,62,63)(H,64,65,66)(H,67,68,69)(H,70,71,72);. The van der Waals surface area contributed by atoms with Crippen LogP contribution in [-0.4, -0.2) is 126 Å². The van der Waals surface area contributed by atoms with Crippen molar-refractivity contribution >= 4 is 167 Å². The molecule has 7 N–H and O–H groups in total. The quantitative estimate of drug-likeness (QED) is 0.0162. The molecule has 0 radical (unpaired) electrons. The zero-order valence-corrected chi connectivity index (χ0v) is 49.5. The summed E-state index contributed by atoms with van der Waals surface area (Å²) < 4.78 is 199. The van der Waals surface area contributed by atoms with Gasteiger partial charge in [0, 0.05) is 27.5 Å². The number of hydrogen-bond acceptors (Lipinski definition) is 27. The summed E-state index contributed by atoms with van der Waals surface area (Å²) in [6, 6.07) is 13.7. The Kier molecular flexibility index (Phi) is 19.3. The minimum atomic E-state index is -4.92. The molecule has 84 heavy (non-hydrogen) atoms. The lowest BCUT2D eigenvalue weighted by Crippen LogP contribution is -2.08. The molecule has 0 bridgehead atoms. The molecular weight excluding hydrogens is 1300 g/mol. The van der Waals surface area contributed by atoms with Crippen LogP contribution in [0.25, 0.3) is 37.7 Å². The molecule has 5 aromatic carbocycles. The topological polar surface area (TPSA) is 501 Å². The van der Waals surface area contributed by atoms with E-state index in [1.165, 1.54) is 37.3 Å². The van der Waals surface area contributed by atoms with Gasteiger partial charge in [0.05, 0.1) is 72.3 Å². The van der Waals surface area contributed by atoms with E-state index in [1.54, 1.807) is 6.92 Å². The number of pyridine rings is 1. The summed E-state index contributed by atoms with van der Waals surface area (Å²) in [7, 11) is -26.3. The van der Waals surface area contributed by atoms with Crippen molar-refractivity contribution in [3.63, 3.8) is 0 Å². The Bertz CT molecular complexity index is 4900. The van der Waals surface area contributed by atoms with Gasteiger partial charge >= 0.3 is 10.6 Å². The van der Waals surface area contributed by atoms with Gasteiger partial charge in [-0.3, -0.25) is 27.2 Å². The second-order valence-electron chi connectivity index (χ2n) is 17.2. The summed E-state index contributed by atoms with van der Waals surface area (Å²) in [6.45, 7) is 1.97. The van der Waals surface area contributed by atoms with E-state index in [-0.39, 0.29) is 129 Å². The third kappa shape index (κ3) is 15.4. The summed E-state index contributed by atoms with van der Waals surface area (Å²) in [5, 5.41) is 57.9. The van der Waals surface area contributed by atoms with Crippen LogP contribution in [0.4, 0.5) is 33.6 Å². The SMILES string of the molecule is Cc1cc(N=Nc2c(C)c(C#N)c3nc4cc(S(=O)(=O)O)cc(Cl)c4n3c2O)c(OCCCS(=O)(=O)O)cc1N=Nc1cc(CO)c(N=Nc2nc3c(S(=O)(=O)O)cc4ccc(S(=O)(=O)O)cc4c3s2)cc1SCCCS(=O)(=O)O.O=S(=O)=O. The zero-order chi connectivity index (χ0) is 62.0. The third-order valence-corrected chi connectivity index (χ3v) is 18.0. The minimum Gasteiger partial charge on any atom is -0.493 e. The maximum Gasteiger partial charge on any atom is 0.425 e. The van der Waals surface area contributed by atoms with Crippen molar-refractivity contribution in [3.8, 4) is 17.7 Å². The number of aliphatic hydroxyl groups is 1. The molecule has 0 aliphatic carbocycles. The second-order valence-corrected chi connectivity index (χ2v) is 27.5. The predicted molar refractivity (Wildman–Crippen MR) is 299 cm³/mol. The van der Waals surface area contributed by atoms with E-state index in [2.05, 4.69) is 40.7 Å². The van der Waals surface area contributed by atoms with Gasteiger partial charge in [0.2, 0.25) is 11.0 Å². The molecule has 0 unspecified atom stereocenters. The van der Waals surface area contributed by atoms with Gasteiger partial charge in [-0.05, 0) is 91.9 Å². The highest BCUT2D eigenvalue weighted by molar-refractivity contribution is 7.99. The Balaban J connectivity index is 0.00000245. The first-order valence-corrected chi connectivity index (χ1v) is 33.5. The number of thioether (sulfide) groups is 1. The molecular formula is C44H37ClN10O21S8. The average Bonchev–Trinajstić information content (AvgIpc) is 1.80. The van der Waals surface area contributed by atoms with Crippen LogP contribution in [0, 0.1) is 25.2 Å². The number of benzene rings is 5. The molecule has 0 aliphatic heterocycles. The second kappa shape index (κ2) is 25.2. The highest BCUT2D eigenvalue weighted by atomic mass is 35.5. The molecule has 0 saturated carbocycles. The van der Waals surface area contributed by atoms with Crippen molar-refractivity contribution in [3.05, 3.63) is 87.9 Å². The fourth-order valence-electron chi connectivity index (χ4n) is 7.73. The number of imidazole rings is 1. The first kappa shape index (κ1) is 64.4. The largest absolute Gasteiger partial charge is 0.493 e. The Morgan fingerprint density at radius 2 is 1.37 bits per heavy atom. The fourth-order valence-corrected chi connectivity index (χ4v) is 12.9. The van der Waals surface area contributed by atoms with Gasteiger partial charge in [-0.25, -0.2) is 9.97 Å². The van der Waals surface area contributed by atoms with Gasteiger partial charge < -0.3 is 14.9 Å². The van der Waals surface area contributed by atoms with Gasteiger partial charge in [-0.1, -0.05) is 29.0 Å². The summed E-state index contributed by atoms with van der Waals surface area (Å²) in [5.41, 5.74) is -0.489. The van der Waals surface area contributed by atoms with Gasteiger partial charge in [-0.2, -0.15) is 52.5 Å². The Labute approximate surface area is 488 Å². The number of rotatable bonds is 20. The molecule has 0 fully saturated rings. The molecule has 31 nitrogen and oxygen atoms in total. The van der Waals surface area contributed by atoms with Crippen LogP contribution in [0.2, 0.25) is 5.02 Å². The number of fused-ring (bicyclic) bond motifs is 6. The van der Waals surface area contributed by atoms with E-state index in [0.717, 1.165) is 57.8 Å². The molecule has 3 heterocycles. The lowest BCUT2D eigenvalue weighted by Gasteiger charge is -2.12. The van der Waals surface area contributed by atoms with Crippen LogP contribution in [-0.2, 0) is 67.8 Å². The maximum atomic E-state index is 12.5. The fraction of sp³-hybridized carbons (Fsp3) is 0.205. The number of aryl methyl sites for hydroxylation is 1. The van der Waals surface area contributed by atoms with E-state index >= 15 is 0 Å². The molecule has 8 rings (SSSR count). The number of nitrogens with zero attached hydrogens (tertiary/aromatic N) is 10. The number of aromatic nitrogens is 3. The lowest BCUT2D eigenvalue weighted by atomic mass is 10.1. The summed E-state index contributed by atoms with van der Waals surface area (Å²) in [6.07, 6.45) is -0.282. The van der Waals surface area contributed by atoms with Gasteiger partial charge in [0.25, 0.3) is 50.6 Å². The first-order chi connectivity index (χ1) is 39.1. The van der Waals surface area contributed by atoms with Crippen molar-refractivity contribution < 1.29 is 92.4 Å². The summed E-state index contributed by atoms with van der Waals surface area (Å²) >= 11 is 8.20. The van der Waals surface area contributed by atoms with Crippen molar-refractivity contribution in [2.45, 2.75) is 52.9 Å². The van der Waals surface area contributed by atoms with Crippen LogP contribution in [0.3, 0.4) is 0 Å². The molecule has 0 saturated heterocycles. The Morgan fingerprint density at radius 1 is 0.738 bits per heavy atom. The van der Waals surface area contributed by atoms with E-state index in [9.17, 15) is 80.3 Å². The third-order valence-electron chi connectivity index (χ3n) is 11.4. The predicted octanol–water partition coefficient (Wildman–Crippen LogP) is 8.60. The van der Waals surface area contributed by atoms with Crippen LogP contribution < -0.4 is 4.74 Å². The normalized spacial score (nSPS) is 12.8. The maximum absolute atomic E-state index is 12.5.